The Morgan fingerprint density at radius 2 is 1.76 bits per heavy atom. The van der Waals surface area contributed by atoms with Gasteiger partial charge in [-0.15, -0.1) is 0 Å². The molecule has 0 bridgehead atoms. The first-order valence-corrected chi connectivity index (χ1v) is 8.96. The quantitative estimate of drug-likeness (QED) is 0.589. The van der Waals surface area contributed by atoms with Crippen molar-refractivity contribution in [1.29, 1.82) is 0 Å². The summed E-state index contributed by atoms with van der Waals surface area (Å²) >= 11 is 11.5. The molecule has 1 aromatic rings. The molecule has 1 rings (SSSR count). The number of benzene rings is 1. The number of hydrogen-bond donors (Lipinski definition) is 3. The maximum atomic E-state index is 12.2. The number of carbonyl (C=O) groups is 3. The Hall–Kier alpha value is -1.88. The Bertz CT molecular complexity index is 799. The zero-order valence-corrected chi connectivity index (χ0v) is 15.4. The lowest BCUT2D eigenvalue weighted by Crippen LogP contribution is -2.45. The Labute approximate surface area is 153 Å². The van der Waals surface area contributed by atoms with Crippen LogP contribution in [0.2, 0.25) is 10.0 Å². The topological polar surface area (TPSA) is 145 Å². The number of urea groups is 1. The molecule has 0 saturated heterocycles. The Balaban J connectivity index is 2.77. The van der Waals surface area contributed by atoms with Crippen molar-refractivity contribution in [3.8, 4) is 0 Å². The van der Waals surface area contributed by atoms with Gasteiger partial charge in [0.15, 0.2) is 6.10 Å². The van der Waals surface area contributed by atoms with Crippen LogP contribution in [-0.2, 0) is 24.3 Å². The highest BCUT2D eigenvalue weighted by Gasteiger charge is 2.27. The molecule has 1 aromatic carbocycles. The fourth-order valence-corrected chi connectivity index (χ4v) is 3.13. The van der Waals surface area contributed by atoms with Gasteiger partial charge in [0.05, 0.1) is 14.9 Å². The summed E-state index contributed by atoms with van der Waals surface area (Å²) < 4.78 is 31.3. The molecule has 4 N–H and O–H groups in total. The van der Waals surface area contributed by atoms with E-state index in [0.717, 1.165) is 6.07 Å². The molecule has 0 fully saturated rings. The molecule has 0 heterocycles. The van der Waals surface area contributed by atoms with Gasteiger partial charge in [-0.1, -0.05) is 23.2 Å². The van der Waals surface area contributed by atoms with Crippen molar-refractivity contribution >= 4 is 51.1 Å². The molecule has 0 radical (unpaired) electrons. The summed E-state index contributed by atoms with van der Waals surface area (Å²) in [4.78, 5) is 33.7. The molecule has 0 saturated carbocycles. The molecule has 138 valence electrons. The van der Waals surface area contributed by atoms with Crippen molar-refractivity contribution in [2.24, 2.45) is 5.73 Å². The number of hydrogen-bond acceptors (Lipinski definition) is 6. The van der Waals surface area contributed by atoms with Crippen molar-refractivity contribution in [3.63, 3.8) is 0 Å². The van der Waals surface area contributed by atoms with Gasteiger partial charge in [-0.3, -0.25) is 14.9 Å². The number of nitrogens with two attached hydrogens (primary N) is 1. The predicted molar refractivity (Wildman–Crippen MR) is 89.5 cm³/mol. The van der Waals surface area contributed by atoms with Crippen LogP contribution in [0.4, 0.5) is 4.79 Å². The second-order valence-corrected chi connectivity index (χ2v) is 7.38. The number of carbonyl (C=O) groups excluding carboxylic acids is 3. The van der Waals surface area contributed by atoms with Crippen LogP contribution in [0, 0.1) is 0 Å². The zero-order valence-electron chi connectivity index (χ0n) is 13.1. The van der Waals surface area contributed by atoms with E-state index in [4.69, 9.17) is 33.7 Å². The number of rotatable bonds is 6. The number of nitrogens with one attached hydrogen (secondary N) is 2. The van der Waals surface area contributed by atoms with Gasteiger partial charge in [-0.2, -0.15) is 4.72 Å². The van der Waals surface area contributed by atoms with Gasteiger partial charge in [0.25, 0.3) is 5.91 Å². The SMILES string of the molecule is C[C@H](NS(=O)(=O)c1ccc(Cl)c(Cl)c1)C(=O)O[C@H](C)C(=O)NC(N)=O. The van der Waals surface area contributed by atoms with Crippen molar-refractivity contribution in [3.05, 3.63) is 28.2 Å². The van der Waals surface area contributed by atoms with E-state index < -0.39 is 40.1 Å². The van der Waals surface area contributed by atoms with Crippen LogP contribution in [0.15, 0.2) is 23.1 Å². The van der Waals surface area contributed by atoms with Crippen LogP contribution in [0.1, 0.15) is 13.8 Å². The molecule has 0 aliphatic rings. The van der Waals surface area contributed by atoms with Crippen molar-refractivity contribution in [2.45, 2.75) is 30.9 Å². The number of primary amides is 1. The Morgan fingerprint density at radius 3 is 2.28 bits per heavy atom. The van der Waals surface area contributed by atoms with Gasteiger partial charge in [-0.25, -0.2) is 13.2 Å². The fraction of sp³-hybridized carbons (Fsp3) is 0.308. The second-order valence-electron chi connectivity index (χ2n) is 4.85. The predicted octanol–water partition coefficient (Wildman–Crippen LogP) is 0.787. The van der Waals surface area contributed by atoms with Gasteiger partial charge in [0.2, 0.25) is 10.0 Å². The van der Waals surface area contributed by atoms with Crippen LogP contribution in [0.3, 0.4) is 0 Å². The molecule has 9 nitrogen and oxygen atoms in total. The maximum Gasteiger partial charge on any atom is 0.324 e. The number of ether oxygens (including phenoxy) is 1. The van der Waals surface area contributed by atoms with Crippen LogP contribution in [0.25, 0.3) is 0 Å². The lowest BCUT2D eigenvalue weighted by molar-refractivity contribution is -0.155. The minimum absolute atomic E-state index is 0.0246. The molecule has 0 aromatic heterocycles. The lowest BCUT2D eigenvalue weighted by Gasteiger charge is -2.17. The highest BCUT2D eigenvalue weighted by atomic mass is 35.5. The zero-order chi connectivity index (χ0) is 19.4. The van der Waals surface area contributed by atoms with Crippen molar-refractivity contribution in [2.75, 3.05) is 0 Å². The molecule has 0 spiro atoms. The maximum absolute atomic E-state index is 12.2. The molecule has 0 aliphatic carbocycles. The number of sulfonamides is 1. The average Bonchev–Trinajstić information content (AvgIpc) is 2.48. The Kier molecular flexibility index (Phi) is 7.17. The first-order chi connectivity index (χ1) is 11.4. The molecule has 0 aliphatic heterocycles. The van der Waals surface area contributed by atoms with Crippen LogP contribution < -0.4 is 15.8 Å². The van der Waals surface area contributed by atoms with Gasteiger partial charge in [-0.05, 0) is 32.0 Å². The molecular formula is C13H15Cl2N3O6S. The fourth-order valence-electron chi connectivity index (χ4n) is 1.55. The first kappa shape index (κ1) is 21.2. The summed E-state index contributed by atoms with van der Waals surface area (Å²) in [6, 6.07) is 1.19. The highest BCUT2D eigenvalue weighted by molar-refractivity contribution is 7.89. The van der Waals surface area contributed by atoms with E-state index >= 15 is 0 Å². The molecular weight excluding hydrogens is 397 g/mol. The summed E-state index contributed by atoms with van der Waals surface area (Å²) in [5.74, 6) is -1.98. The van der Waals surface area contributed by atoms with Crippen LogP contribution in [-0.4, -0.2) is 38.5 Å². The van der Waals surface area contributed by atoms with E-state index in [1.165, 1.54) is 26.0 Å². The summed E-state index contributed by atoms with van der Waals surface area (Å²) in [5, 5.41) is 1.92. The third-order valence-electron chi connectivity index (χ3n) is 2.80. The van der Waals surface area contributed by atoms with E-state index in [0.29, 0.717) is 0 Å². The van der Waals surface area contributed by atoms with Crippen LogP contribution >= 0.6 is 23.2 Å². The molecule has 3 amide bonds. The van der Waals surface area contributed by atoms with Gasteiger partial charge >= 0.3 is 12.0 Å². The third kappa shape index (κ3) is 6.16. The van der Waals surface area contributed by atoms with E-state index in [2.05, 4.69) is 4.72 Å². The minimum Gasteiger partial charge on any atom is -0.451 e. The van der Waals surface area contributed by atoms with E-state index in [9.17, 15) is 22.8 Å². The van der Waals surface area contributed by atoms with Crippen molar-refractivity contribution < 1.29 is 27.5 Å². The van der Waals surface area contributed by atoms with Gasteiger partial charge in [0.1, 0.15) is 6.04 Å². The summed E-state index contributed by atoms with van der Waals surface area (Å²) in [6.07, 6.45) is -1.35. The largest absolute Gasteiger partial charge is 0.451 e. The molecule has 0 unspecified atom stereocenters. The monoisotopic (exact) mass is 411 g/mol. The molecule has 25 heavy (non-hydrogen) atoms. The number of halogens is 2. The van der Waals surface area contributed by atoms with E-state index in [1.807, 2.05) is 0 Å². The van der Waals surface area contributed by atoms with Gasteiger partial charge < -0.3 is 10.5 Å². The van der Waals surface area contributed by atoms with E-state index in [1.54, 1.807) is 5.32 Å². The summed E-state index contributed by atoms with van der Waals surface area (Å²) in [5.41, 5.74) is 4.77. The number of imide groups is 1. The smallest absolute Gasteiger partial charge is 0.324 e. The van der Waals surface area contributed by atoms with Crippen molar-refractivity contribution in [1.82, 2.24) is 10.0 Å². The number of amides is 3. The van der Waals surface area contributed by atoms with E-state index in [-0.39, 0.29) is 14.9 Å². The first-order valence-electron chi connectivity index (χ1n) is 6.72. The number of esters is 1. The highest BCUT2D eigenvalue weighted by Crippen LogP contribution is 2.24. The summed E-state index contributed by atoms with van der Waals surface area (Å²) in [6.45, 7) is 2.41. The second kappa shape index (κ2) is 8.48. The van der Waals surface area contributed by atoms with Gasteiger partial charge in [0, 0.05) is 0 Å². The summed E-state index contributed by atoms with van der Waals surface area (Å²) in [7, 11) is -4.09. The molecule has 2 atom stereocenters. The lowest BCUT2D eigenvalue weighted by atomic mass is 10.3. The standard InChI is InChI=1S/C13H15Cl2N3O6S/c1-6(12(20)24-7(2)11(19)17-13(16)21)18-25(22,23)8-3-4-9(14)10(15)5-8/h3-7,18H,1-2H3,(H3,16,17,19,21)/t6-,7+/m0/s1. The third-order valence-corrected chi connectivity index (χ3v) is 5.07. The average molecular weight is 412 g/mol. The molecule has 12 heteroatoms. The normalized spacial score (nSPS) is 13.6. The Morgan fingerprint density at radius 1 is 1.16 bits per heavy atom. The van der Waals surface area contributed by atoms with Crippen LogP contribution in [0.5, 0.6) is 0 Å². The minimum atomic E-state index is -4.09.